The Morgan fingerprint density at radius 2 is 1.47 bits per heavy atom. The van der Waals surface area contributed by atoms with Crippen molar-refractivity contribution in [1.29, 1.82) is 0 Å². The number of hydrogen-bond acceptors (Lipinski definition) is 3. The molecule has 0 aromatic heterocycles. The van der Waals surface area contributed by atoms with Crippen molar-refractivity contribution in [2.75, 3.05) is 0 Å². The fraction of sp³-hybridized carbons (Fsp3) is 0. The van der Waals surface area contributed by atoms with E-state index in [0.717, 1.165) is 0 Å². The van der Waals surface area contributed by atoms with Gasteiger partial charge in [0.15, 0.2) is 5.84 Å². The molecule has 0 radical (unpaired) electrons. The van der Waals surface area contributed by atoms with Crippen LogP contribution >= 0.6 is 0 Å². The van der Waals surface area contributed by atoms with Gasteiger partial charge in [0, 0.05) is 5.56 Å². The first-order valence-corrected chi connectivity index (χ1v) is 6.93. The highest BCUT2D eigenvalue weighted by molar-refractivity contribution is 7.90. The zero-order valence-corrected chi connectivity index (χ0v) is 10.7. The molecule has 0 amide bonds. The number of sulfonamides is 1. The summed E-state index contributed by atoms with van der Waals surface area (Å²) in [7, 11) is -3.85. The zero-order valence-electron chi connectivity index (χ0n) is 9.89. The molecule has 0 bridgehead atoms. The molecule has 0 spiro atoms. The van der Waals surface area contributed by atoms with E-state index in [0.29, 0.717) is 5.56 Å². The Morgan fingerprint density at radius 1 is 0.947 bits per heavy atom. The minimum Gasteiger partial charge on any atom is -0.290 e. The van der Waals surface area contributed by atoms with E-state index in [1.165, 1.54) is 12.1 Å². The molecule has 0 aliphatic carbocycles. The smallest absolute Gasteiger partial charge is 0.284 e. The molecule has 19 heavy (non-hydrogen) atoms. The second kappa shape index (κ2) is 5.64. The van der Waals surface area contributed by atoms with Gasteiger partial charge >= 0.3 is 0 Å². The summed E-state index contributed by atoms with van der Waals surface area (Å²) in [5.74, 6) is -0.121. The maximum Gasteiger partial charge on any atom is 0.284 e. The van der Waals surface area contributed by atoms with Crippen molar-refractivity contribution in [1.82, 2.24) is 5.48 Å². The van der Waals surface area contributed by atoms with Crippen molar-refractivity contribution in [3.63, 3.8) is 0 Å². The molecule has 5 nitrogen and oxygen atoms in total. The second-order valence-corrected chi connectivity index (χ2v) is 5.31. The lowest BCUT2D eigenvalue weighted by molar-refractivity contribution is 0.235. The molecule has 0 fully saturated rings. The van der Waals surface area contributed by atoms with Crippen LogP contribution in [0.4, 0.5) is 0 Å². The van der Waals surface area contributed by atoms with Gasteiger partial charge in [-0.2, -0.15) is 8.42 Å². The lowest BCUT2D eigenvalue weighted by Crippen LogP contribution is -2.22. The maximum atomic E-state index is 12.0. The van der Waals surface area contributed by atoms with Crippen molar-refractivity contribution < 1.29 is 13.6 Å². The summed E-state index contributed by atoms with van der Waals surface area (Å²) in [4.78, 5) is 0.0682. The molecule has 0 saturated heterocycles. The zero-order chi connectivity index (χ0) is 13.7. The van der Waals surface area contributed by atoms with E-state index in [4.69, 9.17) is 5.21 Å². The van der Waals surface area contributed by atoms with Crippen molar-refractivity contribution in [3.8, 4) is 0 Å². The molecular formula is C13H12N2O3S. The number of hydroxylamine groups is 1. The molecule has 6 heteroatoms. The normalized spacial score (nSPS) is 12.2. The molecule has 2 N–H and O–H groups in total. The monoisotopic (exact) mass is 276 g/mol. The molecule has 2 rings (SSSR count). The van der Waals surface area contributed by atoms with Crippen LogP contribution in [-0.2, 0) is 10.0 Å². The Balaban J connectivity index is 2.44. The van der Waals surface area contributed by atoms with Gasteiger partial charge in [-0.05, 0) is 12.1 Å². The van der Waals surface area contributed by atoms with Gasteiger partial charge < -0.3 is 0 Å². The molecule has 0 heterocycles. The first kappa shape index (κ1) is 13.3. The minimum absolute atomic E-state index is 0.0682. The van der Waals surface area contributed by atoms with Gasteiger partial charge in [-0.1, -0.05) is 48.5 Å². The van der Waals surface area contributed by atoms with Crippen LogP contribution < -0.4 is 5.48 Å². The molecule has 0 unspecified atom stereocenters. The van der Waals surface area contributed by atoms with Gasteiger partial charge in [-0.3, -0.25) is 10.7 Å². The molecular weight excluding hydrogens is 264 g/mol. The van der Waals surface area contributed by atoms with E-state index in [9.17, 15) is 8.42 Å². The summed E-state index contributed by atoms with van der Waals surface area (Å²) in [5.41, 5.74) is 2.29. The van der Waals surface area contributed by atoms with E-state index < -0.39 is 10.0 Å². The van der Waals surface area contributed by atoms with Gasteiger partial charge in [-0.25, -0.2) is 0 Å². The first-order chi connectivity index (χ1) is 9.13. The summed E-state index contributed by atoms with van der Waals surface area (Å²) in [6, 6.07) is 16.3. The van der Waals surface area contributed by atoms with Gasteiger partial charge in [0.1, 0.15) is 0 Å². The van der Waals surface area contributed by atoms with Gasteiger partial charge in [0.2, 0.25) is 0 Å². The van der Waals surface area contributed by atoms with Crippen molar-refractivity contribution in [2.45, 2.75) is 4.90 Å². The average molecular weight is 276 g/mol. The highest BCUT2D eigenvalue weighted by atomic mass is 32.2. The third-order valence-electron chi connectivity index (χ3n) is 2.41. The lowest BCUT2D eigenvalue weighted by Gasteiger charge is -2.05. The fourth-order valence-corrected chi connectivity index (χ4v) is 2.49. The van der Waals surface area contributed by atoms with Crippen molar-refractivity contribution in [2.24, 2.45) is 4.40 Å². The third-order valence-corrected chi connectivity index (χ3v) is 3.70. The number of rotatable bonds is 3. The van der Waals surface area contributed by atoms with E-state index in [1.807, 2.05) is 5.48 Å². The van der Waals surface area contributed by atoms with E-state index in [1.54, 1.807) is 48.5 Å². The topological polar surface area (TPSA) is 78.8 Å². The average Bonchev–Trinajstić information content (AvgIpc) is 2.47. The van der Waals surface area contributed by atoms with Gasteiger partial charge in [0.25, 0.3) is 10.0 Å². The van der Waals surface area contributed by atoms with Crippen LogP contribution in [0.15, 0.2) is 70.0 Å². The number of benzene rings is 2. The van der Waals surface area contributed by atoms with Crippen LogP contribution in [0, 0.1) is 0 Å². The molecule has 0 atom stereocenters. The Kier molecular flexibility index (Phi) is 3.94. The molecule has 0 aliphatic rings. The molecule has 2 aromatic carbocycles. The van der Waals surface area contributed by atoms with Gasteiger partial charge in [-0.15, -0.1) is 4.40 Å². The summed E-state index contributed by atoms with van der Waals surface area (Å²) >= 11 is 0. The lowest BCUT2D eigenvalue weighted by atomic mass is 10.2. The molecule has 0 saturated carbocycles. The summed E-state index contributed by atoms with van der Waals surface area (Å²) in [6.45, 7) is 0. The van der Waals surface area contributed by atoms with Crippen LogP contribution in [0.1, 0.15) is 5.56 Å². The van der Waals surface area contributed by atoms with Crippen molar-refractivity contribution in [3.05, 3.63) is 66.2 Å². The third kappa shape index (κ3) is 3.18. The van der Waals surface area contributed by atoms with Crippen LogP contribution in [0.2, 0.25) is 0 Å². The fourth-order valence-electron chi connectivity index (χ4n) is 1.50. The predicted molar refractivity (Wildman–Crippen MR) is 71.5 cm³/mol. The number of hydrogen-bond donors (Lipinski definition) is 2. The van der Waals surface area contributed by atoms with Crippen LogP contribution in [0.3, 0.4) is 0 Å². The van der Waals surface area contributed by atoms with E-state index >= 15 is 0 Å². The second-order valence-electron chi connectivity index (χ2n) is 3.71. The standard InChI is InChI=1S/C13H12N2O3S/c16-14-13(11-7-3-1-4-8-11)15-19(17,18)12-9-5-2-6-10-12/h1-10,16H,(H,14,15). The maximum absolute atomic E-state index is 12.0. The quantitative estimate of drug-likeness (QED) is 0.509. The van der Waals surface area contributed by atoms with Crippen LogP contribution in [-0.4, -0.2) is 19.5 Å². The Labute approximate surface area is 111 Å². The molecule has 2 aromatic rings. The number of amidine groups is 1. The SMILES string of the molecule is O=S(=O)(/N=C(\NO)c1ccccc1)c1ccccc1. The molecule has 0 aliphatic heterocycles. The minimum atomic E-state index is -3.85. The largest absolute Gasteiger partial charge is 0.290 e. The van der Waals surface area contributed by atoms with Crippen molar-refractivity contribution >= 4 is 15.9 Å². The Bertz CT molecular complexity index is 668. The van der Waals surface area contributed by atoms with E-state index in [-0.39, 0.29) is 10.7 Å². The highest BCUT2D eigenvalue weighted by Gasteiger charge is 2.14. The molecule has 98 valence electrons. The van der Waals surface area contributed by atoms with E-state index in [2.05, 4.69) is 4.40 Å². The Hall–Kier alpha value is -2.18. The number of nitrogens with zero attached hydrogens (tertiary/aromatic N) is 1. The highest BCUT2D eigenvalue weighted by Crippen LogP contribution is 2.12. The first-order valence-electron chi connectivity index (χ1n) is 5.49. The van der Waals surface area contributed by atoms with Crippen LogP contribution in [0.25, 0.3) is 0 Å². The summed E-state index contributed by atoms with van der Waals surface area (Å²) in [5, 5.41) is 9.04. The summed E-state index contributed by atoms with van der Waals surface area (Å²) in [6.07, 6.45) is 0. The predicted octanol–water partition coefficient (Wildman–Crippen LogP) is 1.80. The summed E-state index contributed by atoms with van der Waals surface area (Å²) < 4.78 is 27.7. The van der Waals surface area contributed by atoms with Gasteiger partial charge in [0.05, 0.1) is 4.90 Å². The van der Waals surface area contributed by atoms with Crippen LogP contribution in [0.5, 0.6) is 0 Å². The number of nitrogens with one attached hydrogen (secondary N) is 1. The Morgan fingerprint density at radius 3 is 2.00 bits per heavy atom.